The predicted molar refractivity (Wildman–Crippen MR) is 102 cm³/mol. The zero-order valence-corrected chi connectivity index (χ0v) is 16.1. The van der Waals surface area contributed by atoms with E-state index >= 15 is 0 Å². The van der Waals surface area contributed by atoms with Crippen molar-refractivity contribution in [1.29, 1.82) is 0 Å². The Kier molecular flexibility index (Phi) is 6.59. The smallest absolute Gasteiger partial charge is 0.422 e. The first kappa shape index (κ1) is 22.3. The van der Waals surface area contributed by atoms with E-state index in [1.807, 2.05) is 0 Å². The molecule has 11 heteroatoms. The van der Waals surface area contributed by atoms with Crippen LogP contribution in [0.2, 0.25) is 5.02 Å². The highest BCUT2D eigenvalue weighted by Crippen LogP contribution is 2.34. The largest absolute Gasteiger partial charge is 0.466 e. The number of hydrogen-bond donors (Lipinski definition) is 1. The van der Waals surface area contributed by atoms with Gasteiger partial charge in [-0.1, -0.05) is 29.8 Å². The Morgan fingerprint density at radius 2 is 1.77 bits per heavy atom. The van der Waals surface area contributed by atoms with Gasteiger partial charge in [0, 0.05) is 17.3 Å². The maximum atomic E-state index is 14.5. The molecule has 0 aliphatic heterocycles. The molecule has 0 fully saturated rings. The van der Waals surface area contributed by atoms with Crippen LogP contribution < -0.4 is 14.8 Å². The lowest BCUT2D eigenvalue weighted by atomic mass is 10.1. The number of benzene rings is 2. The molecule has 1 aromatic heterocycles. The van der Waals surface area contributed by atoms with Gasteiger partial charge in [0.2, 0.25) is 0 Å². The minimum atomic E-state index is -4.66. The monoisotopic (exact) mass is 458 g/mol. The maximum absolute atomic E-state index is 14.5. The summed E-state index contributed by atoms with van der Waals surface area (Å²) in [5.41, 5.74) is -0.317. The van der Waals surface area contributed by atoms with Gasteiger partial charge in [-0.3, -0.25) is 5.32 Å². The van der Waals surface area contributed by atoms with E-state index in [1.165, 1.54) is 12.1 Å². The number of anilines is 1. The molecule has 1 N–H and O–H groups in total. The summed E-state index contributed by atoms with van der Waals surface area (Å²) >= 11 is 6.10. The molecule has 0 aliphatic rings. The molecule has 3 rings (SSSR count). The van der Waals surface area contributed by atoms with Crippen LogP contribution in [0.25, 0.3) is 11.1 Å². The minimum Gasteiger partial charge on any atom is -0.466 e. The van der Waals surface area contributed by atoms with Crippen LogP contribution in [-0.4, -0.2) is 23.9 Å². The van der Waals surface area contributed by atoms with Crippen LogP contribution >= 0.6 is 11.6 Å². The molecular formula is C20H12ClF5N2O3. The van der Waals surface area contributed by atoms with Crippen LogP contribution in [0.15, 0.2) is 54.7 Å². The SMILES string of the molecule is O=C(Nc1cc(Cl)c(-c2cnc(OCC(F)(F)F)c(F)c2)cc1F)Oc1ccccc1. The molecule has 1 amide bonds. The molecule has 3 aromatic rings. The van der Waals surface area contributed by atoms with Gasteiger partial charge in [0.1, 0.15) is 11.6 Å². The van der Waals surface area contributed by atoms with Crippen LogP contribution in [0.3, 0.4) is 0 Å². The number of carbonyl (C=O) groups excluding carboxylic acids is 1. The fraction of sp³-hybridized carbons (Fsp3) is 0.100. The highest BCUT2D eigenvalue weighted by molar-refractivity contribution is 6.33. The van der Waals surface area contributed by atoms with Crippen molar-refractivity contribution in [3.05, 3.63) is 71.4 Å². The van der Waals surface area contributed by atoms with Crippen LogP contribution in [0.4, 0.5) is 32.4 Å². The first-order valence-electron chi connectivity index (χ1n) is 8.51. The number of aromatic nitrogens is 1. The Morgan fingerprint density at radius 3 is 2.42 bits per heavy atom. The van der Waals surface area contributed by atoms with Crippen LogP contribution in [0.5, 0.6) is 11.6 Å². The van der Waals surface area contributed by atoms with E-state index in [-0.39, 0.29) is 27.6 Å². The Hall–Kier alpha value is -3.40. The van der Waals surface area contributed by atoms with Crippen LogP contribution in [0, 0.1) is 11.6 Å². The van der Waals surface area contributed by atoms with Gasteiger partial charge < -0.3 is 9.47 Å². The van der Waals surface area contributed by atoms with Crippen molar-refractivity contribution in [2.24, 2.45) is 0 Å². The fourth-order valence-electron chi connectivity index (χ4n) is 2.42. The van der Waals surface area contributed by atoms with Gasteiger partial charge in [0.05, 0.1) is 10.7 Å². The van der Waals surface area contributed by atoms with E-state index in [0.717, 1.165) is 24.4 Å². The van der Waals surface area contributed by atoms with Crippen LogP contribution in [0.1, 0.15) is 0 Å². The summed E-state index contributed by atoms with van der Waals surface area (Å²) < 4.78 is 74.3. The summed E-state index contributed by atoms with van der Waals surface area (Å²) in [4.78, 5) is 15.4. The summed E-state index contributed by atoms with van der Waals surface area (Å²) in [6, 6.07) is 10.8. The number of ether oxygens (including phenoxy) is 2. The second kappa shape index (κ2) is 9.17. The molecule has 0 bridgehead atoms. The number of hydrogen-bond acceptors (Lipinski definition) is 4. The molecule has 31 heavy (non-hydrogen) atoms. The average Bonchev–Trinajstić information content (AvgIpc) is 2.69. The predicted octanol–water partition coefficient (Wildman–Crippen LogP) is 6.23. The van der Waals surface area contributed by atoms with E-state index < -0.39 is 36.4 Å². The zero-order valence-electron chi connectivity index (χ0n) is 15.3. The van der Waals surface area contributed by atoms with Gasteiger partial charge in [-0.15, -0.1) is 0 Å². The van der Waals surface area contributed by atoms with E-state index in [1.54, 1.807) is 18.2 Å². The second-order valence-corrected chi connectivity index (χ2v) is 6.46. The van der Waals surface area contributed by atoms with E-state index in [2.05, 4.69) is 15.0 Å². The van der Waals surface area contributed by atoms with Gasteiger partial charge in [0.25, 0.3) is 5.88 Å². The number of alkyl halides is 3. The third-order valence-electron chi connectivity index (χ3n) is 3.74. The Morgan fingerprint density at radius 1 is 1.06 bits per heavy atom. The third-order valence-corrected chi connectivity index (χ3v) is 4.05. The number of carbonyl (C=O) groups is 1. The molecule has 0 saturated heterocycles. The number of halogens is 6. The van der Waals surface area contributed by atoms with Gasteiger partial charge in [-0.2, -0.15) is 13.2 Å². The molecule has 0 atom stereocenters. The lowest BCUT2D eigenvalue weighted by Gasteiger charge is -2.12. The van der Waals surface area contributed by atoms with Crippen LogP contribution in [-0.2, 0) is 0 Å². The molecule has 162 valence electrons. The Balaban J connectivity index is 1.77. The normalized spacial score (nSPS) is 11.2. The first-order chi connectivity index (χ1) is 14.6. The number of nitrogens with one attached hydrogen (secondary N) is 1. The van der Waals surface area contributed by atoms with Gasteiger partial charge in [0.15, 0.2) is 12.4 Å². The van der Waals surface area contributed by atoms with Crippen molar-refractivity contribution >= 4 is 23.4 Å². The quantitative estimate of drug-likeness (QED) is 0.460. The number of nitrogens with zero attached hydrogens (tertiary/aromatic N) is 1. The number of para-hydroxylation sites is 1. The lowest BCUT2D eigenvalue weighted by molar-refractivity contribution is -0.154. The summed E-state index contributed by atoms with van der Waals surface area (Å²) in [6.07, 6.45) is -4.65. The summed E-state index contributed by atoms with van der Waals surface area (Å²) in [5.74, 6) is -2.73. The van der Waals surface area contributed by atoms with Gasteiger partial charge in [-0.05, 0) is 30.3 Å². The number of rotatable bonds is 5. The van der Waals surface area contributed by atoms with Crippen molar-refractivity contribution in [1.82, 2.24) is 4.98 Å². The van der Waals surface area contributed by atoms with E-state index in [9.17, 15) is 26.7 Å². The molecule has 5 nitrogen and oxygen atoms in total. The summed E-state index contributed by atoms with van der Waals surface area (Å²) in [7, 11) is 0. The summed E-state index contributed by atoms with van der Waals surface area (Å²) in [5, 5.41) is 2.11. The van der Waals surface area contributed by atoms with Crippen molar-refractivity contribution in [2.45, 2.75) is 6.18 Å². The van der Waals surface area contributed by atoms with Gasteiger partial charge >= 0.3 is 12.3 Å². The highest BCUT2D eigenvalue weighted by Gasteiger charge is 2.29. The molecule has 0 aliphatic carbocycles. The van der Waals surface area contributed by atoms with Crippen molar-refractivity contribution < 1.29 is 36.2 Å². The van der Waals surface area contributed by atoms with Crippen molar-refractivity contribution in [3.63, 3.8) is 0 Å². The zero-order chi connectivity index (χ0) is 22.6. The molecular weight excluding hydrogens is 447 g/mol. The molecule has 0 spiro atoms. The standard InChI is InChI=1S/C20H12ClF5N2O3/c21-14-8-17(28-19(29)31-12-4-2-1-3-5-12)15(22)7-13(14)11-6-16(23)18(27-9-11)30-10-20(24,25)26/h1-9H,10H2,(H,28,29). The van der Waals surface area contributed by atoms with Crippen molar-refractivity contribution in [2.75, 3.05) is 11.9 Å². The molecule has 1 heterocycles. The Bertz CT molecular complexity index is 1090. The molecule has 0 radical (unpaired) electrons. The fourth-order valence-corrected chi connectivity index (χ4v) is 2.70. The second-order valence-electron chi connectivity index (χ2n) is 6.05. The number of pyridine rings is 1. The topological polar surface area (TPSA) is 60.5 Å². The maximum Gasteiger partial charge on any atom is 0.422 e. The molecule has 2 aromatic carbocycles. The summed E-state index contributed by atoms with van der Waals surface area (Å²) in [6.45, 7) is -1.72. The number of amides is 1. The Labute approximate surface area is 177 Å². The highest BCUT2D eigenvalue weighted by atomic mass is 35.5. The minimum absolute atomic E-state index is 0.00471. The molecule has 0 unspecified atom stereocenters. The van der Waals surface area contributed by atoms with Gasteiger partial charge in [-0.25, -0.2) is 18.6 Å². The van der Waals surface area contributed by atoms with Crippen molar-refractivity contribution in [3.8, 4) is 22.8 Å². The third kappa shape index (κ3) is 6.05. The lowest BCUT2D eigenvalue weighted by Crippen LogP contribution is -2.20. The van der Waals surface area contributed by atoms with E-state index in [0.29, 0.717) is 0 Å². The van der Waals surface area contributed by atoms with E-state index in [4.69, 9.17) is 16.3 Å². The first-order valence-corrected chi connectivity index (χ1v) is 8.88. The molecule has 0 saturated carbocycles. The average molecular weight is 459 g/mol.